The molecular formula is C52H66N2. The molecule has 284 valence electrons. The summed E-state index contributed by atoms with van der Waals surface area (Å²) in [5.41, 5.74) is 22.2. The molecule has 0 bridgehead atoms. The minimum Gasteiger partial charge on any atom is -0.355 e. The standard InChI is InChI=1S/C52H66N2/c1-10-12-14-16-17-19-25-52(43-31-37(5)30-42(32-43)20-18-15-13-11-2)48-33-44(53-50-38(6)26-35(3)27-39(50)7)21-23-46(48)47-24-22-45(34-49(47)52)54-51-40(8)28-36(4)29-41(51)9/h21-24,26-34,53-54H,10-20,25H2,1-9H3. The second-order valence-electron chi connectivity index (χ2n) is 16.8. The van der Waals surface area contributed by atoms with Gasteiger partial charge in [0.25, 0.3) is 0 Å². The van der Waals surface area contributed by atoms with Crippen molar-refractivity contribution in [2.45, 2.75) is 145 Å². The van der Waals surface area contributed by atoms with Crippen LogP contribution in [-0.4, -0.2) is 0 Å². The Bertz CT molecular complexity index is 1930. The zero-order chi connectivity index (χ0) is 38.4. The number of benzene rings is 5. The molecule has 0 amide bonds. The molecule has 2 N–H and O–H groups in total. The Morgan fingerprint density at radius 2 is 0.889 bits per heavy atom. The van der Waals surface area contributed by atoms with Gasteiger partial charge in [-0.2, -0.15) is 0 Å². The van der Waals surface area contributed by atoms with Crippen LogP contribution in [0.25, 0.3) is 11.1 Å². The average molecular weight is 719 g/mol. The molecule has 54 heavy (non-hydrogen) atoms. The number of nitrogens with one attached hydrogen (secondary N) is 2. The van der Waals surface area contributed by atoms with Crippen molar-refractivity contribution < 1.29 is 0 Å². The molecular weight excluding hydrogens is 653 g/mol. The van der Waals surface area contributed by atoms with Gasteiger partial charge >= 0.3 is 0 Å². The smallest absolute Gasteiger partial charge is 0.0465 e. The minimum atomic E-state index is -0.260. The van der Waals surface area contributed by atoms with Crippen LogP contribution in [0.3, 0.4) is 0 Å². The fourth-order valence-electron chi connectivity index (χ4n) is 9.51. The van der Waals surface area contributed by atoms with Crippen LogP contribution < -0.4 is 10.6 Å². The van der Waals surface area contributed by atoms with Gasteiger partial charge in [-0.1, -0.05) is 143 Å². The van der Waals surface area contributed by atoms with Gasteiger partial charge in [0.2, 0.25) is 0 Å². The Morgan fingerprint density at radius 3 is 1.39 bits per heavy atom. The van der Waals surface area contributed by atoms with Crippen LogP contribution in [0, 0.1) is 48.5 Å². The van der Waals surface area contributed by atoms with Crippen molar-refractivity contribution >= 4 is 22.7 Å². The van der Waals surface area contributed by atoms with Crippen LogP contribution in [0.1, 0.15) is 146 Å². The van der Waals surface area contributed by atoms with E-state index in [1.807, 2.05) is 0 Å². The first kappa shape index (κ1) is 39.4. The first-order chi connectivity index (χ1) is 26.0. The SMILES string of the molecule is CCCCCCCCC1(c2cc(C)cc(CCCCCC)c2)c2cc(Nc3c(C)cc(C)cc3C)ccc2-c2ccc(Nc3c(C)cc(C)cc3C)cc21. The van der Waals surface area contributed by atoms with Crippen molar-refractivity contribution in [3.63, 3.8) is 0 Å². The van der Waals surface area contributed by atoms with Crippen LogP contribution in [0.15, 0.2) is 78.9 Å². The number of unbranched alkanes of at least 4 members (excludes halogenated alkanes) is 8. The molecule has 0 heterocycles. The zero-order valence-corrected chi connectivity index (χ0v) is 35.0. The summed E-state index contributed by atoms with van der Waals surface area (Å²) < 4.78 is 0. The predicted octanol–water partition coefficient (Wildman–Crippen LogP) is 15.5. The highest BCUT2D eigenvalue weighted by Gasteiger charge is 2.45. The number of hydrogen-bond acceptors (Lipinski definition) is 2. The molecule has 0 saturated heterocycles. The van der Waals surface area contributed by atoms with Crippen LogP contribution in [0.2, 0.25) is 0 Å². The maximum atomic E-state index is 3.92. The van der Waals surface area contributed by atoms with Crippen molar-refractivity contribution in [3.8, 4) is 11.1 Å². The highest BCUT2D eigenvalue weighted by atomic mass is 14.9. The topological polar surface area (TPSA) is 24.1 Å². The molecule has 1 aliphatic rings. The van der Waals surface area contributed by atoms with Gasteiger partial charge < -0.3 is 10.6 Å². The summed E-state index contributed by atoms with van der Waals surface area (Å²) in [6.07, 6.45) is 15.1. The van der Waals surface area contributed by atoms with Crippen LogP contribution in [0.5, 0.6) is 0 Å². The van der Waals surface area contributed by atoms with Crippen molar-refractivity contribution in [3.05, 3.63) is 140 Å². The lowest BCUT2D eigenvalue weighted by molar-refractivity contribution is 0.506. The van der Waals surface area contributed by atoms with Crippen molar-refractivity contribution in [2.75, 3.05) is 10.6 Å². The molecule has 0 spiro atoms. The number of rotatable bonds is 17. The largest absolute Gasteiger partial charge is 0.355 e. The van der Waals surface area contributed by atoms with E-state index in [-0.39, 0.29) is 5.41 Å². The van der Waals surface area contributed by atoms with Crippen molar-refractivity contribution in [1.82, 2.24) is 0 Å². The van der Waals surface area contributed by atoms with E-state index in [0.717, 1.165) is 12.8 Å². The zero-order valence-electron chi connectivity index (χ0n) is 35.0. The van der Waals surface area contributed by atoms with E-state index in [9.17, 15) is 0 Å². The van der Waals surface area contributed by atoms with Crippen LogP contribution >= 0.6 is 0 Å². The molecule has 2 nitrogen and oxygen atoms in total. The third-order valence-corrected chi connectivity index (χ3v) is 12.0. The molecule has 0 aliphatic heterocycles. The molecule has 2 heteroatoms. The molecule has 0 unspecified atom stereocenters. The van der Waals surface area contributed by atoms with Gasteiger partial charge in [0.05, 0.1) is 0 Å². The van der Waals surface area contributed by atoms with Gasteiger partial charge in [-0.15, -0.1) is 0 Å². The fraction of sp³-hybridized carbons (Fsp3) is 0.423. The lowest BCUT2D eigenvalue weighted by Crippen LogP contribution is -2.28. The fourth-order valence-corrected chi connectivity index (χ4v) is 9.51. The summed E-state index contributed by atoms with van der Waals surface area (Å²) in [7, 11) is 0. The van der Waals surface area contributed by atoms with Gasteiger partial charge in [-0.25, -0.2) is 0 Å². The maximum absolute atomic E-state index is 3.92. The Kier molecular flexibility index (Phi) is 12.7. The van der Waals surface area contributed by atoms with E-state index < -0.39 is 0 Å². The molecule has 0 atom stereocenters. The third-order valence-electron chi connectivity index (χ3n) is 12.0. The summed E-state index contributed by atoms with van der Waals surface area (Å²) in [4.78, 5) is 0. The molecule has 5 aromatic carbocycles. The van der Waals surface area contributed by atoms with Gasteiger partial charge in [0, 0.05) is 28.2 Å². The maximum Gasteiger partial charge on any atom is 0.0465 e. The van der Waals surface area contributed by atoms with E-state index in [0.29, 0.717) is 0 Å². The predicted molar refractivity (Wildman–Crippen MR) is 237 cm³/mol. The summed E-state index contributed by atoms with van der Waals surface area (Å²) in [5.74, 6) is 0. The van der Waals surface area contributed by atoms with Crippen LogP contribution in [-0.2, 0) is 11.8 Å². The monoisotopic (exact) mass is 719 g/mol. The van der Waals surface area contributed by atoms with E-state index in [2.05, 4.69) is 152 Å². The lowest BCUT2D eigenvalue weighted by Gasteiger charge is -2.35. The van der Waals surface area contributed by atoms with E-state index in [4.69, 9.17) is 0 Å². The first-order valence-electron chi connectivity index (χ1n) is 21.1. The highest BCUT2D eigenvalue weighted by molar-refractivity contribution is 5.88. The second kappa shape index (κ2) is 17.4. The second-order valence-corrected chi connectivity index (χ2v) is 16.8. The van der Waals surface area contributed by atoms with Crippen molar-refractivity contribution in [1.29, 1.82) is 0 Å². The minimum absolute atomic E-state index is 0.260. The highest BCUT2D eigenvalue weighted by Crippen LogP contribution is 2.57. The van der Waals surface area contributed by atoms with E-state index in [1.165, 1.54) is 159 Å². The number of fused-ring (bicyclic) bond motifs is 3. The number of aryl methyl sites for hydroxylation is 8. The lowest BCUT2D eigenvalue weighted by atomic mass is 9.68. The molecule has 1 aliphatic carbocycles. The Labute approximate surface area is 328 Å². The molecule has 0 fully saturated rings. The van der Waals surface area contributed by atoms with Crippen LogP contribution in [0.4, 0.5) is 22.7 Å². The molecule has 0 saturated carbocycles. The van der Waals surface area contributed by atoms with Gasteiger partial charge in [0.1, 0.15) is 0 Å². The van der Waals surface area contributed by atoms with E-state index in [1.54, 1.807) is 0 Å². The number of hydrogen-bond donors (Lipinski definition) is 2. The molecule has 6 rings (SSSR count). The van der Waals surface area contributed by atoms with E-state index >= 15 is 0 Å². The van der Waals surface area contributed by atoms with Gasteiger partial charge in [0.15, 0.2) is 0 Å². The Balaban J connectivity index is 1.53. The third kappa shape index (κ3) is 8.49. The normalized spacial score (nSPS) is 12.8. The first-order valence-corrected chi connectivity index (χ1v) is 21.1. The summed E-state index contributed by atoms with van der Waals surface area (Å²) >= 11 is 0. The molecule has 0 radical (unpaired) electrons. The quantitative estimate of drug-likeness (QED) is 0.0936. The number of anilines is 4. The van der Waals surface area contributed by atoms with Crippen molar-refractivity contribution in [2.24, 2.45) is 0 Å². The molecule has 5 aromatic rings. The average Bonchev–Trinajstić information content (AvgIpc) is 3.40. The van der Waals surface area contributed by atoms with Gasteiger partial charge in [-0.3, -0.25) is 0 Å². The summed E-state index contributed by atoms with van der Waals surface area (Å²) in [6.45, 7) is 20.2. The van der Waals surface area contributed by atoms with Gasteiger partial charge in [-0.05, 0) is 148 Å². The summed E-state index contributed by atoms with van der Waals surface area (Å²) in [5, 5.41) is 7.83. The summed E-state index contributed by atoms with van der Waals surface area (Å²) in [6, 6.07) is 31.2. The molecule has 0 aromatic heterocycles. The Morgan fingerprint density at radius 1 is 0.444 bits per heavy atom. The Hall–Kier alpha value is -4.30.